The standard InChI is InChI=1S/C12H19NO2S/c1-7(2)5-10-13-12(8(3)4)9(16-10)6-11(14)15/h7-8H,5-6H2,1-4H3,(H,14,15). The fourth-order valence-corrected chi connectivity index (χ4v) is 2.99. The minimum Gasteiger partial charge on any atom is -0.481 e. The number of carbonyl (C=O) groups is 1. The third-order valence-electron chi connectivity index (χ3n) is 2.21. The molecule has 3 nitrogen and oxygen atoms in total. The lowest BCUT2D eigenvalue weighted by atomic mass is 10.1. The zero-order valence-electron chi connectivity index (χ0n) is 10.3. The van der Waals surface area contributed by atoms with E-state index in [9.17, 15) is 4.79 Å². The Morgan fingerprint density at radius 3 is 2.44 bits per heavy atom. The number of aliphatic carboxylic acids is 1. The maximum atomic E-state index is 10.8. The van der Waals surface area contributed by atoms with Gasteiger partial charge >= 0.3 is 5.97 Å². The summed E-state index contributed by atoms with van der Waals surface area (Å²) in [6.07, 6.45) is 1.04. The quantitative estimate of drug-likeness (QED) is 0.861. The number of carboxylic acid groups (broad SMARTS) is 1. The first-order valence-electron chi connectivity index (χ1n) is 5.60. The van der Waals surface area contributed by atoms with Crippen molar-refractivity contribution >= 4 is 17.3 Å². The normalized spacial score (nSPS) is 11.4. The maximum Gasteiger partial charge on any atom is 0.308 e. The number of aromatic nitrogens is 1. The molecule has 0 radical (unpaired) electrons. The van der Waals surface area contributed by atoms with Gasteiger partial charge < -0.3 is 5.11 Å². The summed E-state index contributed by atoms with van der Waals surface area (Å²) in [7, 11) is 0. The van der Waals surface area contributed by atoms with Crippen LogP contribution in [0.5, 0.6) is 0 Å². The van der Waals surface area contributed by atoms with Gasteiger partial charge in [-0.25, -0.2) is 4.98 Å². The van der Waals surface area contributed by atoms with E-state index in [1.165, 1.54) is 0 Å². The predicted octanol–water partition coefficient (Wildman–Crippen LogP) is 3.09. The Kier molecular flexibility index (Phi) is 4.47. The maximum absolute atomic E-state index is 10.8. The van der Waals surface area contributed by atoms with Gasteiger partial charge in [-0.3, -0.25) is 4.79 Å². The Balaban J connectivity index is 2.95. The van der Waals surface area contributed by atoms with Gasteiger partial charge in [0.15, 0.2) is 0 Å². The molecule has 0 saturated carbocycles. The summed E-state index contributed by atoms with van der Waals surface area (Å²) in [5.74, 6) is 0.0806. The van der Waals surface area contributed by atoms with Gasteiger partial charge in [0, 0.05) is 11.3 Å². The zero-order valence-corrected chi connectivity index (χ0v) is 11.1. The van der Waals surface area contributed by atoms with Crippen molar-refractivity contribution in [1.29, 1.82) is 0 Å². The largest absolute Gasteiger partial charge is 0.481 e. The molecular formula is C12H19NO2S. The Bertz CT molecular complexity index is 369. The van der Waals surface area contributed by atoms with E-state index < -0.39 is 5.97 Å². The number of hydrogen-bond acceptors (Lipinski definition) is 3. The van der Waals surface area contributed by atoms with Gasteiger partial charge in [-0.2, -0.15) is 0 Å². The Morgan fingerprint density at radius 1 is 1.38 bits per heavy atom. The van der Waals surface area contributed by atoms with Gasteiger partial charge in [0.2, 0.25) is 0 Å². The molecule has 0 aromatic carbocycles. The van der Waals surface area contributed by atoms with Crippen molar-refractivity contribution in [3.8, 4) is 0 Å². The molecule has 0 bridgehead atoms. The highest BCUT2D eigenvalue weighted by atomic mass is 32.1. The summed E-state index contributed by atoms with van der Waals surface area (Å²) in [5.41, 5.74) is 0.961. The minimum absolute atomic E-state index is 0.100. The van der Waals surface area contributed by atoms with Crippen LogP contribution in [0.25, 0.3) is 0 Å². The molecule has 1 heterocycles. The van der Waals surface area contributed by atoms with E-state index in [0.717, 1.165) is 22.0 Å². The average Bonchev–Trinajstić information content (AvgIpc) is 2.45. The van der Waals surface area contributed by atoms with Gasteiger partial charge in [-0.05, 0) is 11.8 Å². The zero-order chi connectivity index (χ0) is 12.3. The van der Waals surface area contributed by atoms with Crippen molar-refractivity contribution in [3.05, 3.63) is 15.6 Å². The summed E-state index contributed by atoms with van der Waals surface area (Å²) < 4.78 is 0. The average molecular weight is 241 g/mol. The molecule has 16 heavy (non-hydrogen) atoms. The van der Waals surface area contributed by atoms with Gasteiger partial charge in [-0.15, -0.1) is 11.3 Å². The molecule has 0 amide bonds. The number of thiazole rings is 1. The predicted molar refractivity (Wildman–Crippen MR) is 66.1 cm³/mol. The van der Waals surface area contributed by atoms with Crippen molar-refractivity contribution in [3.63, 3.8) is 0 Å². The molecule has 0 aliphatic heterocycles. The molecule has 0 spiro atoms. The van der Waals surface area contributed by atoms with Crippen LogP contribution in [0.1, 0.15) is 49.2 Å². The Labute approximate surface area is 101 Å². The van der Waals surface area contributed by atoms with Gasteiger partial charge in [0.05, 0.1) is 17.1 Å². The number of hydrogen-bond donors (Lipinski definition) is 1. The highest BCUT2D eigenvalue weighted by molar-refractivity contribution is 7.11. The van der Waals surface area contributed by atoms with Crippen molar-refractivity contribution in [2.24, 2.45) is 5.92 Å². The molecule has 1 N–H and O–H groups in total. The summed E-state index contributed by atoms with van der Waals surface area (Å²) in [5, 5.41) is 9.91. The number of rotatable bonds is 5. The van der Waals surface area contributed by atoms with Crippen molar-refractivity contribution in [1.82, 2.24) is 4.98 Å². The molecule has 0 aliphatic rings. The van der Waals surface area contributed by atoms with Gasteiger partial charge in [0.25, 0.3) is 0 Å². The molecule has 0 atom stereocenters. The molecule has 1 aromatic heterocycles. The second-order valence-corrected chi connectivity index (χ2v) is 5.91. The van der Waals surface area contributed by atoms with E-state index in [1.54, 1.807) is 11.3 Å². The Hall–Kier alpha value is -0.900. The van der Waals surface area contributed by atoms with Crippen LogP contribution in [0.15, 0.2) is 0 Å². The fourth-order valence-electron chi connectivity index (χ4n) is 1.57. The van der Waals surface area contributed by atoms with E-state index in [-0.39, 0.29) is 6.42 Å². The van der Waals surface area contributed by atoms with Crippen LogP contribution in [0, 0.1) is 5.92 Å². The lowest BCUT2D eigenvalue weighted by Gasteiger charge is -2.02. The highest BCUT2D eigenvalue weighted by Crippen LogP contribution is 2.27. The minimum atomic E-state index is -0.776. The second-order valence-electron chi connectivity index (χ2n) is 4.74. The summed E-state index contributed by atoms with van der Waals surface area (Å²) in [4.78, 5) is 16.2. The summed E-state index contributed by atoms with van der Waals surface area (Å²) in [6.45, 7) is 8.40. The van der Waals surface area contributed by atoms with Crippen LogP contribution < -0.4 is 0 Å². The Morgan fingerprint density at radius 2 is 2.00 bits per heavy atom. The van der Waals surface area contributed by atoms with Crippen molar-refractivity contribution in [2.45, 2.75) is 46.5 Å². The molecule has 0 fully saturated rings. The third kappa shape index (κ3) is 3.59. The van der Waals surface area contributed by atoms with Crippen LogP contribution in [0.3, 0.4) is 0 Å². The van der Waals surface area contributed by atoms with Crippen LogP contribution in [0.4, 0.5) is 0 Å². The first kappa shape index (κ1) is 13.2. The first-order valence-corrected chi connectivity index (χ1v) is 6.42. The lowest BCUT2D eigenvalue weighted by molar-refractivity contribution is -0.136. The lowest BCUT2D eigenvalue weighted by Crippen LogP contribution is -2.02. The van der Waals surface area contributed by atoms with Crippen LogP contribution in [0.2, 0.25) is 0 Å². The fraction of sp³-hybridized carbons (Fsp3) is 0.667. The van der Waals surface area contributed by atoms with E-state index in [0.29, 0.717) is 11.8 Å². The van der Waals surface area contributed by atoms with E-state index in [4.69, 9.17) is 5.11 Å². The third-order valence-corrected chi connectivity index (χ3v) is 3.31. The number of carboxylic acids is 1. The topological polar surface area (TPSA) is 50.2 Å². The van der Waals surface area contributed by atoms with Gasteiger partial charge in [0.1, 0.15) is 0 Å². The molecule has 0 unspecified atom stereocenters. The van der Waals surface area contributed by atoms with Crippen LogP contribution in [-0.4, -0.2) is 16.1 Å². The summed E-state index contributed by atoms with van der Waals surface area (Å²) >= 11 is 1.55. The van der Waals surface area contributed by atoms with Crippen molar-refractivity contribution in [2.75, 3.05) is 0 Å². The molecular weight excluding hydrogens is 222 g/mol. The molecule has 0 saturated heterocycles. The van der Waals surface area contributed by atoms with Crippen LogP contribution >= 0.6 is 11.3 Å². The van der Waals surface area contributed by atoms with Crippen LogP contribution in [-0.2, 0) is 17.6 Å². The molecule has 0 aliphatic carbocycles. The first-order chi connectivity index (χ1) is 7.40. The SMILES string of the molecule is CC(C)Cc1nc(C(C)C)c(CC(=O)O)s1. The molecule has 4 heteroatoms. The van der Waals surface area contributed by atoms with E-state index in [1.807, 2.05) is 0 Å². The van der Waals surface area contributed by atoms with E-state index >= 15 is 0 Å². The molecule has 1 aromatic rings. The van der Waals surface area contributed by atoms with Crippen molar-refractivity contribution < 1.29 is 9.90 Å². The van der Waals surface area contributed by atoms with E-state index in [2.05, 4.69) is 32.7 Å². The summed E-state index contributed by atoms with van der Waals surface area (Å²) in [6, 6.07) is 0. The monoisotopic (exact) mass is 241 g/mol. The molecule has 1 rings (SSSR count). The highest BCUT2D eigenvalue weighted by Gasteiger charge is 2.16. The second kappa shape index (κ2) is 5.43. The molecule has 90 valence electrons. The smallest absolute Gasteiger partial charge is 0.308 e. The number of nitrogens with zero attached hydrogens (tertiary/aromatic N) is 1. The van der Waals surface area contributed by atoms with Gasteiger partial charge in [-0.1, -0.05) is 27.7 Å².